The molecule has 0 N–H and O–H groups in total. The number of carbonyl (C=O) groups is 1. The van der Waals surface area contributed by atoms with Crippen molar-refractivity contribution >= 4 is 12.0 Å². The number of esters is 1. The van der Waals surface area contributed by atoms with Crippen molar-refractivity contribution in [2.24, 2.45) is 0 Å². The molecule has 3 heteroatoms. The van der Waals surface area contributed by atoms with Crippen LogP contribution in [0.5, 0.6) is 5.75 Å². The molecule has 0 spiro atoms. The van der Waals surface area contributed by atoms with Gasteiger partial charge in [0, 0.05) is 6.08 Å². The van der Waals surface area contributed by atoms with E-state index in [9.17, 15) is 4.79 Å². The van der Waals surface area contributed by atoms with Crippen molar-refractivity contribution in [3.63, 3.8) is 0 Å². The molecular weight excluding hydrogens is 216 g/mol. The highest BCUT2D eigenvalue weighted by atomic mass is 16.5. The molecule has 0 aliphatic rings. The van der Waals surface area contributed by atoms with Crippen LogP contribution in [-0.2, 0) is 9.53 Å². The summed E-state index contributed by atoms with van der Waals surface area (Å²) in [6, 6.07) is 3.95. The molecule has 0 aromatic heterocycles. The first-order valence-corrected chi connectivity index (χ1v) is 5.58. The molecule has 1 rings (SSSR count). The van der Waals surface area contributed by atoms with E-state index in [1.165, 1.54) is 6.08 Å². The van der Waals surface area contributed by atoms with E-state index in [-0.39, 0.29) is 5.97 Å². The van der Waals surface area contributed by atoms with Gasteiger partial charge in [0.05, 0.1) is 13.7 Å². The van der Waals surface area contributed by atoms with E-state index in [2.05, 4.69) is 0 Å². The Kier molecular flexibility index (Phi) is 4.76. The van der Waals surface area contributed by atoms with Gasteiger partial charge in [0.25, 0.3) is 0 Å². The smallest absolute Gasteiger partial charge is 0.330 e. The third-order valence-electron chi connectivity index (χ3n) is 2.47. The number of ether oxygens (including phenoxy) is 2. The topological polar surface area (TPSA) is 35.5 Å². The van der Waals surface area contributed by atoms with Crippen molar-refractivity contribution in [2.45, 2.75) is 20.8 Å². The maximum atomic E-state index is 11.2. The molecule has 0 aliphatic heterocycles. The second kappa shape index (κ2) is 6.09. The fourth-order valence-corrected chi connectivity index (χ4v) is 1.56. The van der Waals surface area contributed by atoms with Gasteiger partial charge < -0.3 is 9.47 Å². The fraction of sp³-hybridized carbons (Fsp3) is 0.357. The molecule has 1 aromatic carbocycles. The minimum Gasteiger partial charge on any atom is -0.496 e. The number of rotatable bonds is 4. The first kappa shape index (κ1) is 13.3. The van der Waals surface area contributed by atoms with E-state index in [0.717, 1.165) is 22.4 Å². The van der Waals surface area contributed by atoms with Crippen molar-refractivity contribution in [1.82, 2.24) is 0 Å². The highest BCUT2D eigenvalue weighted by Gasteiger charge is 2.03. The molecular formula is C14H18O3. The van der Waals surface area contributed by atoms with E-state index >= 15 is 0 Å². The van der Waals surface area contributed by atoms with E-state index in [1.54, 1.807) is 20.1 Å². The van der Waals surface area contributed by atoms with Gasteiger partial charge in [0.15, 0.2) is 0 Å². The van der Waals surface area contributed by atoms with Gasteiger partial charge >= 0.3 is 5.97 Å². The molecule has 17 heavy (non-hydrogen) atoms. The van der Waals surface area contributed by atoms with Gasteiger partial charge in [0.1, 0.15) is 5.75 Å². The minimum atomic E-state index is -0.319. The molecule has 0 aliphatic carbocycles. The van der Waals surface area contributed by atoms with Gasteiger partial charge in [-0.05, 0) is 55.7 Å². The molecule has 1 aromatic rings. The fourth-order valence-electron chi connectivity index (χ4n) is 1.56. The summed E-state index contributed by atoms with van der Waals surface area (Å²) < 4.78 is 10.1. The number of aryl methyl sites for hydroxylation is 2. The third kappa shape index (κ3) is 3.63. The summed E-state index contributed by atoms with van der Waals surface area (Å²) in [5.41, 5.74) is 3.10. The molecule has 0 unspecified atom stereocenters. The number of hydrogen-bond donors (Lipinski definition) is 0. The summed E-state index contributed by atoms with van der Waals surface area (Å²) in [7, 11) is 1.65. The molecule has 0 amide bonds. The average Bonchev–Trinajstić information content (AvgIpc) is 2.30. The lowest BCUT2D eigenvalue weighted by Gasteiger charge is -2.08. The zero-order valence-corrected chi connectivity index (χ0v) is 10.7. The van der Waals surface area contributed by atoms with Crippen LogP contribution in [0.2, 0.25) is 0 Å². The Morgan fingerprint density at radius 1 is 1.29 bits per heavy atom. The molecule has 92 valence electrons. The average molecular weight is 234 g/mol. The van der Waals surface area contributed by atoms with Gasteiger partial charge in [-0.3, -0.25) is 0 Å². The van der Waals surface area contributed by atoms with Crippen LogP contribution >= 0.6 is 0 Å². The summed E-state index contributed by atoms with van der Waals surface area (Å²) in [5, 5.41) is 0. The highest BCUT2D eigenvalue weighted by molar-refractivity contribution is 5.87. The van der Waals surface area contributed by atoms with E-state index in [1.807, 2.05) is 26.0 Å². The van der Waals surface area contributed by atoms with Crippen LogP contribution in [0.4, 0.5) is 0 Å². The first-order chi connectivity index (χ1) is 8.08. The van der Waals surface area contributed by atoms with Gasteiger partial charge in [0.2, 0.25) is 0 Å². The van der Waals surface area contributed by atoms with Crippen LogP contribution in [0.3, 0.4) is 0 Å². The Bertz CT molecular complexity index is 433. The van der Waals surface area contributed by atoms with Crippen LogP contribution < -0.4 is 4.74 Å². The maximum absolute atomic E-state index is 11.2. The van der Waals surface area contributed by atoms with Gasteiger partial charge in [-0.25, -0.2) is 4.79 Å². The van der Waals surface area contributed by atoms with Gasteiger partial charge in [-0.2, -0.15) is 0 Å². The number of carbonyl (C=O) groups excluding carboxylic acids is 1. The normalized spacial score (nSPS) is 10.6. The van der Waals surface area contributed by atoms with E-state index in [4.69, 9.17) is 9.47 Å². The van der Waals surface area contributed by atoms with Crippen LogP contribution in [0.1, 0.15) is 23.6 Å². The first-order valence-electron chi connectivity index (χ1n) is 5.58. The molecule has 0 radical (unpaired) electrons. The Labute approximate surface area is 102 Å². The summed E-state index contributed by atoms with van der Waals surface area (Å²) in [5.74, 6) is 0.538. The summed E-state index contributed by atoms with van der Waals surface area (Å²) in [6.07, 6.45) is 3.21. The molecule has 0 fully saturated rings. The largest absolute Gasteiger partial charge is 0.496 e. The monoisotopic (exact) mass is 234 g/mol. The third-order valence-corrected chi connectivity index (χ3v) is 2.47. The maximum Gasteiger partial charge on any atom is 0.330 e. The van der Waals surface area contributed by atoms with Gasteiger partial charge in [-0.1, -0.05) is 0 Å². The highest BCUT2D eigenvalue weighted by Crippen LogP contribution is 2.23. The van der Waals surface area contributed by atoms with Crippen LogP contribution in [-0.4, -0.2) is 19.7 Å². The SMILES string of the molecule is CCOC(=O)/C=C/c1cc(C)c(OC)cc1C. The van der Waals surface area contributed by atoms with Crippen LogP contribution in [0.15, 0.2) is 18.2 Å². The molecule has 0 saturated heterocycles. The standard InChI is InChI=1S/C14H18O3/c1-5-17-14(15)7-6-12-8-11(3)13(16-4)9-10(12)2/h6-9H,5H2,1-4H3/b7-6+. The lowest BCUT2D eigenvalue weighted by Crippen LogP contribution is -1.99. The molecule has 0 atom stereocenters. The quantitative estimate of drug-likeness (QED) is 0.593. The summed E-state index contributed by atoms with van der Waals surface area (Å²) in [6.45, 7) is 6.13. The van der Waals surface area contributed by atoms with Crippen molar-refractivity contribution in [2.75, 3.05) is 13.7 Å². The summed E-state index contributed by atoms with van der Waals surface area (Å²) in [4.78, 5) is 11.2. The number of benzene rings is 1. The Morgan fingerprint density at radius 2 is 2.00 bits per heavy atom. The molecule has 0 bridgehead atoms. The van der Waals surface area contributed by atoms with E-state index in [0.29, 0.717) is 6.61 Å². The lowest BCUT2D eigenvalue weighted by atomic mass is 10.0. The molecule has 3 nitrogen and oxygen atoms in total. The predicted octanol–water partition coefficient (Wildman–Crippen LogP) is 2.89. The Morgan fingerprint density at radius 3 is 2.59 bits per heavy atom. The zero-order chi connectivity index (χ0) is 12.8. The van der Waals surface area contributed by atoms with Crippen LogP contribution in [0.25, 0.3) is 6.08 Å². The van der Waals surface area contributed by atoms with Crippen molar-refractivity contribution in [1.29, 1.82) is 0 Å². The number of hydrogen-bond acceptors (Lipinski definition) is 3. The van der Waals surface area contributed by atoms with Crippen LogP contribution in [0, 0.1) is 13.8 Å². The van der Waals surface area contributed by atoms with E-state index < -0.39 is 0 Å². The molecule has 0 saturated carbocycles. The summed E-state index contributed by atoms with van der Waals surface area (Å²) >= 11 is 0. The van der Waals surface area contributed by atoms with Gasteiger partial charge in [-0.15, -0.1) is 0 Å². The predicted molar refractivity (Wildman–Crippen MR) is 68.1 cm³/mol. The van der Waals surface area contributed by atoms with Crippen molar-refractivity contribution in [3.8, 4) is 5.75 Å². The molecule has 0 heterocycles. The number of methoxy groups -OCH3 is 1. The Balaban J connectivity index is 2.92. The van der Waals surface area contributed by atoms with Crippen molar-refractivity contribution in [3.05, 3.63) is 34.9 Å². The van der Waals surface area contributed by atoms with Crippen molar-refractivity contribution < 1.29 is 14.3 Å². The zero-order valence-electron chi connectivity index (χ0n) is 10.7. The Hall–Kier alpha value is -1.77. The lowest BCUT2D eigenvalue weighted by molar-refractivity contribution is -0.137. The second-order valence-corrected chi connectivity index (χ2v) is 3.76. The minimum absolute atomic E-state index is 0.319. The second-order valence-electron chi connectivity index (χ2n) is 3.76.